The second kappa shape index (κ2) is 7.56. The van der Waals surface area contributed by atoms with Gasteiger partial charge in [-0.15, -0.1) is 0 Å². The Morgan fingerprint density at radius 1 is 1.21 bits per heavy atom. The Kier molecular flexibility index (Phi) is 6.40. The van der Waals surface area contributed by atoms with E-state index in [9.17, 15) is 0 Å². The number of nitrogens with one attached hydrogen (secondary N) is 1. The van der Waals surface area contributed by atoms with Crippen LogP contribution < -0.4 is 5.32 Å². The first kappa shape index (κ1) is 16.1. The largest absolute Gasteiger partial charge is 0.356 e. The molecule has 0 unspecified atom stereocenters. The average Bonchev–Trinajstić information content (AvgIpc) is 2.66. The monoisotopic (exact) mass is 265 g/mol. The third-order valence-electron chi connectivity index (χ3n) is 3.83. The van der Waals surface area contributed by atoms with Gasteiger partial charge in [-0.2, -0.15) is 0 Å². The van der Waals surface area contributed by atoms with Crippen molar-refractivity contribution in [3.8, 4) is 0 Å². The van der Waals surface area contributed by atoms with Crippen LogP contribution in [0.2, 0.25) is 0 Å². The van der Waals surface area contributed by atoms with Crippen molar-refractivity contribution in [2.24, 2.45) is 17.8 Å². The second-order valence-corrected chi connectivity index (χ2v) is 6.29. The highest BCUT2D eigenvalue weighted by Crippen LogP contribution is 2.24. The lowest BCUT2D eigenvalue weighted by Gasteiger charge is -2.26. The maximum atomic E-state index is 4.61. The lowest BCUT2D eigenvalue weighted by molar-refractivity contribution is 0.253. The van der Waals surface area contributed by atoms with Gasteiger partial charge in [0, 0.05) is 19.3 Å². The lowest BCUT2D eigenvalue weighted by atomic mass is 9.85. The molecular weight excluding hydrogens is 234 g/mol. The molecule has 0 aliphatic rings. The topological polar surface area (TPSA) is 29.9 Å². The molecule has 1 aromatic heterocycles. The molecule has 0 spiro atoms. The van der Waals surface area contributed by atoms with Crippen LogP contribution in [0.5, 0.6) is 0 Å². The van der Waals surface area contributed by atoms with Crippen molar-refractivity contribution < 1.29 is 0 Å². The molecule has 3 heteroatoms. The summed E-state index contributed by atoms with van der Waals surface area (Å²) in [5.41, 5.74) is 1.10. The molecule has 0 bridgehead atoms. The second-order valence-electron chi connectivity index (χ2n) is 6.29. The van der Waals surface area contributed by atoms with Gasteiger partial charge in [0.1, 0.15) is 0 Å². The Morgan fingerprint density at radius 2 is 1.84 bits per heavy atom. The fourth-order valence-electron chi connectivity index (χ4n) is 2.62. The summed E-state index contributed by atoms with van der Waals surface area (Å²) in [5, 5.41) is 3.47. The Hall–Kier alpha value is -0.990. The summed E-state index contributed by atoms with van der Waals surface area (Å²) < 4.78 is 2.30. The maximum absolute atomic E-state index is 4.61. The molecule has 1 N–H and O–H groups in total. The molecule has 0 aliphatic carbocycles. The molecule has 110 valence electrons. The molecule has 3 nitrogen and oxygen atoms in total. The number of unbranched alkanes of at least 4 members (excludes halogenated alkanes) is 1. The number of aromatic nitrogens is 2. The lowest BCUT2D eigenvalue weighted by Crippen LogP contribution is -2.22. The molecular formula is C16H31N3. The number of hydrogen-bond acceptors (Lipinski definition) is 2. The SMILES string of the molecule is CCCCNc1nc(C)cn1CC(C(C)C)C(C)C. The average molecular weight is 265 g/mol. The molecule has 0 aromatic carbocycles. The number of nitrogens with zero attached hydrogens (tertiary/aromatic N) is 2. The molecule has 1 rings (SSSR count). The van der Waals surface area contributed by atoms with Gasteiger partial charge >= 0.3 is 0 Å². The van der Waals surface area contributed by atoms with Gasteiger partial charge in [-0.25, -0.2) is 4.98 Å². The van der Waals surface area contributed by atoms with Gasteiger partial charge in [0.2, 0.25) is 5.95 Å². The molecule has 19 heavy (non-hydrogen) atoms. The predicted molar refractivity (Wildman–Crippen MR) is 83.5 cm³/mol. The van der Waals surface area contributed by atoms with Crippen molar-refractivity contribution in [2.45, 2.75) is 60.9 Å². The van der Waals surface area contributed by atoms with Crippen LogP contribution in [0.3, 0.4) is 0 Å². The van der Waals surface area contributed by atoms with Gasteiger partial charge < -0.3 is 9.88 Å². The van der Waals surface area contributed by atoms with E-state index in [0.717, 1.165) is 24.7 Å². The Balaban J connectivity index is 2.75. The summed E-state index contributed by atoms with van der Waals surface area (Å²) >= 11 is 0. The minimum Gasteiger partial charge on any atom is -0.356 e. The Morgan fingerprint density at radius 3 is 2.37 bits per heavy atom. The van der Waals surface area contributed by atoms with Gasteiger partial charge in [-0.3, -0.25) is 0 Å². The highest BCUT2D eigenvalue weighted by Gasteiger charge is 2.19. The van der Waals surface area contributed by atoms with Gasteiger partial charge in [0.05, 0.1) is 5.69 Å². The highest BCUT2D eigenvalue weighted by atomic mass is 15.2. The Labute approximate surface area is 118 Å². The molecule has 1 heterocycles. The predicted octanol–water partition coefficient (Wildman–Crippen LogP) is 4.33. The first-order valence-electron chi connectivity index (χ1n) is 7.73. The fourth-order valence-corrected chi connectivity index (χ4v) is 2.62. The molecule has 0 saturated heterocycles. The van der Waals surface area contributed by atoms with Crippen molar-refractivity contribution >= 4 is 5.95 Å². The summed E-state index contributed by atoms with van der Waals surface area (Å²) in [6, 6.07) is 0. The number of rotatable bonds is 8. The molecule has 1 aromatic rings. The minimum atomic E-state index is 0.695. The van der Waals surface area contributed by atoms with Crippen molar-refractivity contribution in [1.82, 2.24) is 9.55 Å². The van der Waals surface area contributed by atoms with Crippen LogP contribution in [0, 0.1) is 24.7 Å². The third-order valence-corrected chi connectivity index (χ3v) is 3.83. The van der Waals surface area contributed by atoms with Crippen LogP contribution in [0.25, 0.3) is 0 Å². The first-order chi connectivity index (χ1) is 8.95. The molecule has 0 atom stereocenters. The van der Waals surface area contributed by atoms with Crippen molar-refractivity contribution in [2.75, 3.05) is 11.9 Å². The minimum absolute atomic E-state index is 0.695. The molecule has 0 amide bonds. The summed E-state index contributed by atoms with van der Waals surface area (Å²) in [6.45, 7) is 15.6. The van der Waals surface area contributed by atoms with Crippen LogP contribution >= 0.6 is 0 Å². The fraction of sp³-hybridized carbons (Fsp3) is 0.812. The number of imidazole rings is 1. The zero-order chi connectivity index (χ0) is 14.4. The van der Waals surface area contributed by atoms with Gasteiger partial charge in [0.25, 0.3) is 0 Å². The van der Waals surface area contributed by atoms with E-state index < -0.39 is 0 Å². The summed E-state index contributed by atoms with van der Waals surface area (Å²) in [5.74, 6) is 3.13. The number of hydrogen-bond donors (Lipinski definition) is 1. The van der Waals surface area contributed by atoms with E-state index in [1.807, 2.05) is 0 Å². The van der Waals surface area contributed by atoms with Crippen LogP contribution in [0.4, 0.5) is 5.95 Å². The van der Waals surface area contributed by atoms with Gasteiger partial charge in [-0.1, -0.05) is 41.0 Å². The van der Waals surface area contributed by atoms with E-state index >= 15 is 0 Å². The smallest absolute Gasteiger partial charge is 0.203 e. The first-order valence-corrected chi connectivity index (χ1v) is 7.73. The summed E-state index contributed by atoms with van der Waals surface area (Å²) in [7, 11) is 0. The van der Waals surface area contributed by atoms with E-state index in [4.69, 9.17) is 0 Å². The maximum Gasteiger partial charge on any atom is 0.203 e. The van der Waals surface area contributed by atoms with Crippen LogP contribution in [0.1, 0.15) is 53.2 Å². The molecule has 0 aliphatic heterocycles. The molecule has 0 fully saturated rings. The van der Waals surface area contributed by atoms with Crippen LogP contribution in [-0.2, 0) is 6.54 Å². The quantitative estimate of drug-likeness (QED) is 0.709. The van der Waals surface area contributed by atoms with Crippen LogP contribution in [0.15, 0.2) is 6.20 Å². The normalized spacial score (nSPS) is 11.8. The van der Waals surface area contributed by atoms with Gasteiger partial charge in [0.15, 0.2) is 0 Å². The zero-order valence-electron chi connectivity index (χ0n) is 13.5. The summed E-state index contributed by atoms with van der Waals surface area (Å²) in [4.78, 5) is 4.61. The molecule has 0 radical (unpaired) electrons. The molecule has 0 saturated carbocycles. The van der Waals surface area contributed by atoms with Crippen molar-refractivity contribution in [1.29, 1.82) is 0 Å². The standard InChI is InChI=1S/C16H31N3/c1-7-8-9-17-16-18-14(6)10-19(16)11-15(12(2)3)13(4)5/h10,12-13,15H,7-9,11H2,1-6H3,(H,17,18). The van der Waals surface area contributed by atoms with E-state index in [1.165, 1.54) is 12.8 Å². The van der Waals surface area contributed by atoms with Gasteiger partial charge in [-0.05, 0) is 31.1 Å². The third kappa shape index (κ3) is 4.88. The van der Waals surface area contributed by atoms with E-state index in [1.54, 1.807) is 0 Å². The number of aryl methyl sites for hydroxylation is 1. The summed E-state index contributed by atoms with van der Waals surface area (Å²) in [6.07, 6.45) is 4.59. The van der Waals surface area contributed by atoms with Crippen molar-refractivity contribution in [3.63, 3.8) is 0 Å². The van der Waals surface area contributed by atoms with E-state index in [-0.39, 0.29) is 0 Å². The van der Waals surface area contributed by atoms with E-state index in [2.05, 4.69) is 62.6 Å². The Bertz CT molecular complexity index is 358. The number of anilines is 1. The van der Waals surface area contributed by atoms with E-state index in [0.29, 0.717) is 17.8 Å². The van der Waals surface area contributed by atoms with Crippen LogP contribution in [-0.4, -0.2) is 16.1 Å². The highest BCUT2D eigenvalue weighted by molar-refractivity contribution is 5.28. The zero-order valence-corrected chi connectivity index (χ0v) is 13.5. The van der Waals surface area contributed by atoms with Crippen molar-refractivity contribution in [3.05, 3.63) is 11.9 Å².